The third kappa shape index (κ3) is 3.00. The number of rotatable bonds is 3. The Morgan fingerprint density at radius 1 is 1.40 bits per heavy atom. The normalized spacial score (nSPS) is 19.9. The van der Waals surface area contributed by atoms with Crippen molar-refractivity contribution in [1.29, 1.82) is 0 Å². The van der Waals surface area contributed by atoms with Crippen molar-refractivity contribution >= 4 is 23.6 Å². The van der Waals surface area contributed by atoms with Crippen LogP contribution in [0.25, 0.3) is 0 Å². The highest BCUT2D eigenvalue weighted by Gasteiger charge is 2.35. The molecular weight excluding hydrogens is 276 g/mol. The van der Waals surface area contributed by atoms with Crippen LogP contribution in [0.15, 0.2) is 22.4 Å². The first-order chi connectivity index (χ1) is 9.40. The third-order valence-corrected chi connectivity index (χ3v) is 4.29. The van der Waals surface area contributed by atoms with Crippen LogP contribution in [0.3, 0.4) is 0 Å². The van der Waals surface area contributed by atoms with Crippen molar-refractivity contribution < 1.29 is 14.3 Å². The fourth-order valence-electron chi connectivity index (χ4n) is 2.12. The van der Waals surface area contributed by atoms with E-state index in [1.165, 1.54) is 0 Å². The van der Waals surface area contributed by atoms with Crippen molar-refractivity contribution in [3.63, 3.8) is 0 Å². The average molecular weight is 296 g/mol. The number of carbonyl (C=O) groups excluding carboxylic acids is 2. The van der Waals surface area contributed by atoms with Crippen molar-refractivity contribution in [2.24, 2.45) is 0 Å². The Morgan fingerprint density at radius 2 is 2.10 bits per heavy atom. The minimum absolute atomic E-state index is 0.0277. The van der Waals surface area contributed by atoms with Crippen LogP contribution in [0, 0.1) is 0 Å². The molecule has 0 N–H and O–H groups in total. The van der Waals surface area contributed by atoms with Gasteiger partial charge < -0.3 is 14.5 Å². The van der Waals surface area contributed by atoms with E-state index in [4.69, 9.17) is 4.74 Å². The lowest BCUT2D eigenvalue weighted by molar-refractivity contribution is -0.142. The molecule has 0 aromatic carbocycles. The summed E-state index contributed by atoms with van der Waals surface area (Å²) in [5.41, 5.74) is 1.71. The SMILES string of the molecule is CC(C)OC(=O)C1=C2SC/C(=C/C(=O)N(C)C)N2CC1. The summed E-state index contributed by atoms with van der Waals surface area (Å²) in [6.07, 6.45) is 2.22. The quantitative estimate of drug-likeness (QED) is 0.584. The maximum absolute atomic E-state index is 12.0. The molecule has 20 heavy (non-hydrogen) atoms. The third-order valence-electron chi connectivity index (χ3n) is 3.11. The highest BCUT2D eigenvalue weighted by Crippen LogP contribution is 2.42. The second-order valence-corrected chi connectivity index (χ2v) is 6.26. The van der Waals surface area contributed by atoms with E-state index < -0.39 is 0 Å². The van der Waals surface area contributed by atoms with Gasteiger partial charge in [-0.15, -0.1) is 11.8 Å². The minimum Gasteiger partial charge on any atom is -0.460 e. The van der Waals surface area contributed by atoms with Crippen molar-refractivity contribution in [2.75, 3.05) is 26.4 Å². The van der Waals surface area contributed by atoms with Gasteiger partial charge in [0, 0.05) is 44.6 Å². The Bertz CT molecular complexity index is 495. The lowest BCUT2D eigenvalue weighted by Gasteiger charge is -2.15. The van der Waals surface area contributed by atoms with Crippen LogP contribution in [0.5, 0.6) is 0 Å². The molecule has 2 rings (SSSR count). The molecule has 2 aliphatic rings. The van der Waals surface area contributed by atoms with E-state index in [9.17, 15) is 9.59 Å². The molecule has 0 radical (unpaired) electrons. The molecule has 5 nitrogen and oxygen atoms in total. The first-order valence-electron chi connectivity index (χ1n) is 6.66. The van der Waals surface area contributed by atoms with Gasteiger partial charge in [0.25, 0.3) is 0 Å². The molecule has 0 atom stereocenters. The molecule has 0 aliphatic carbocycles. The van der Waals surface area contributed by atoms with Crippen LogP contribution in [0.1, 0.15) is 20.3 Å². The Morgan fingerprint density at radius 3 is 2.70 bits per heavy atom. The van der Waals surface area contributed by atoms with E-state index in [1.54, 1.807) is 36.8 Å². The predicted molar refractivity (Wildman–Crippen MR) is 78.8 cm³/mol. The summed E-state index contributed by atoms with van der Waals surface area (Å²) in [7, 11) is 3.46. The van der Waals surface area contributed by atoms with Gasteiger partial charge in [-0.25, -0.2) is 4.79 Å². The summed E-state index contributed by atoms with van der Waals surface area (Å²) in [5.74, 6) is 0.471. The second-order valence-electron chi connectivity index (χ2n) is 5.30. The van der Waals surface area contributed by atoms with Gasteiger partial charge in [-0.2, -0.15) is 0 Å². The van der Waals surface area contributed by atoms with Crippen LogP contribution < -0.4 is 0 Å². The molecular formula is C14H20N2O3S. The molecule has 0 aromatic heterocycles. The van der Waals surface area contributed by atoms with E-state index >= 15 is 0 Å². The van der Waals surface area contributed by atoms with E-state index in [0.29, 0.717) is 6.42 Å². The molecule has 6 heteroatoms. The van der Waals surface area contributed by atoms with E-state index in [2.05, 4.69) is 4.90 Å². The van der Waals surface area contributed by atoms with Crippen molar-refractivity contribution in [3.8, 4) is 0 Å². The van der Waals surface area contributed by atoms with Crippen LogP contribution in [0.2, 0.25) is 0 Å². The first-order valence-corrected chi connectivity index (χ1v) is 7.65. The standard InChI is InChI=1S/C14H20N2O3S/c1-9(2)19-14(18)11-5-6-16-10(8-20-13(11)16)7-12(17)15(3)4/h7,9H,5-6,8H2,1-4H3/b10-7-. The predicted octanol–water partition coefficient (Wildman–Crippen LogP) is 1.57. The molecule has 0 spiro atoms. The number of likely N-dealkylation sites (N-methyl/N-ethyl adjacent to an activating group) is 1. The Balaban J connectivity index is 2.16. The summed E-state index contributed by atoms with van der Waals surface area (Å²) >= 11 is 1.60. The number of nitrogens with zero attached hydrogens (tertiary/aromatic N) is 2. The summed E-state index contributed by atoms with van der Waals surface area (Å²) in [6.45, 7) is 4.44. The summed E-state index contributed by atoms with van der Waals surface area (Å²) in [4.78, 5) is 27.4. The molecule has 0 unspecified atom stereocenters. The molecule has 1 saturated heterocycles. The number of hydrogen-bond acceptors (Lipinski definition) is 5. The molecule has 0 bridgehead atoms. The molecule has 0 aromatic rings. The first kappa shape index (κ1) is 15.0. The Labute approximate surface area is 123 Å². The van der Waals surface area contributed by atoms with E-state index in [1.807, 2.05) is 13.8 Å². The molecule has 2 heterocycles. The van der Waals surface area contributed by atoms with Crippen LogP contribution >= 0.6 is 11.8 Å². The maximum Gasteiger partial charge on any atom is 0.336 e. The van der Waals surface area contributed by atoms with Gasteiger partial charge in [0.1, 0.15) is 0 Å². The number of ether oxygens (including phenoxy) is 1. The van der Waals surface area contributed by atoms with Crippen LogP contribution in [-0.2, 0) is 14.3 Å². The largest absolute Gasteiger partial charge is 0.460 e. The monoisotopic (exact) mass is 296 g/mol. The van der Waals surface area contributed by atoms with Crippen molar-refractivity contribution in [2.45, 2.75) is 26.4 Å². The lowest BCUT2D eigenvalue weighted by Crippen LogP contribution is -2.22. The Kier molecular flexibility index (Phi) is 4.42. The van der Waals surface area contributed by atoms with Gasteiger partial charge in [0.15, 0.2) is 0 Å². The highest BCUT2D eigenvalue weighted by molar-refractivity contribution is 8.03. The molecule has 2 aliphatic heterocycles. The highest BCUT2D eigenvalue weighted by atomic mass is 32.2. The Hall–Kier alpha value is -1.43. The zero-order valence-corrected chi connectivity index (χ0v) is 13.1. The minimum atomic E-state index is -0.231. The average Bonchev–Trinajstić information content (AvgIpc) is 2.90. The smallest absolute Gasteiger partial charge is 0.336 e. The summed E-state index contributed by atoms with van der Waals surface area (Å²) in [6, 6.07) is 0. The second kappa shape index (κ2) is 5.91. The van der Waals surface area contributed by atoms with E-state index in [-0.39, 0.29) is 18.0 Å². The van der Waals surface area contributed by atoms with Gasteiger partial charge in [0.05, 0.1) is 16.7 Å². The molecule has 1 fully saturated rings. The molecule has 0 saturated carbocycles. The topological polar surface area (TPSA) is 49.9 Å². The van der Waals surface area contributed by atoms with Gasteiger partial charge in [-0.05, 0) is 13.8 Å². The molecule has 1 amide bonds. The summed E-state index contributed by atoms with van der Waals surface area (Å²) < 4.78 is 5.27. The fraction of sp³-hybridized carbons (Fsp3) is 0.571. The van der Waals surface area contributed by atoms with Crippen LogP contribution in [-0.4, -0.2) is 54.2 Å². The van der Waals surface area contributed by atoms with E-state index in [0.717, 1.165) is 28.6 Å². The number of esters is 1. The maximum atomic E-state index is 12.0. The van der Waals surface area contributed by atoms with Gasteiger partial charge in [-0.1, -0.05) is 0 Å². The van der Waals surface area contributed by atoms with Crippen molar-refractivity contribution in [3.05, 3.63) is 22.4 Å². The number of hydrogen-bond donors (Lipinski definition) is 0. The number of carbonyl (C=O) groups is 2. The lowest BCUT2D eigenvalue weighted by atomic mass is 10.2. The fourth-order valence-corrected chi connectivity index (χ4v) is 3.37. The number of fused-ring (bicyclic) bond motifs is 1. The van der Waals surface area contributed by atoms with Gasteiger partial charge in [-0.3, -0.25) is 4.79 Å². The zero-order chi connectivity index (χ0) is 14.9. The molecule has 110 valence electrons. The number of amides is 1. The number of thioether (sulfide) groups is 1. The van der Waals surface area contributed by atoms with Gasteiger partial charge in [0.2, 0.25) is 5.91 Å². The van der Waals surface area contributed by atoms with Crippen molar-refractivity contribution in [1.82, 2.24) is 9.80 Å². The van der Waals surface area contributed by atoms with Gasteiger partial charge >= 0.3 is 5.97 Å². The van der Waals surface area contributed by atoms with Crippen LogP contribution in [0.4, 0.5) is 0 Å². The summed E-state index contributed by atoms with van der Waals surface area (Å²) in [5, 5.41) is 0.952. The zero-order valence-electron chi connectivity index (χ0n) is 12.3.